The molecule has 1 aromatic rings. The SMILES string of the molecule is CC1(C)CC1CNC(=O)c1ccc(O)cc1O. The van der Waals surface area contributed by atoms with Crippen LogP contribution in [0.4, 0.5) is 0 Å². The summed E-state index contributed by atoms with van der Waals surface area (Å²) >= 11 is 0. The minimum Gasteiger partial charge on any atom is -0.508 e. The van der Waals surface area contributed by atoms with E-state index in [0.29, 0.717) is 17.9 Å². The van der Waals surface area contributed by atoms with Crippen LogP contribution in [0, 0.1) is 11.3 Å². The molecular weight excluding hydrogens is 218 g/mol. The van der Waals surface area contributed by atoms with Crippen molar-refractivity contribution in [3.63, 3.8) is 0 Å². The van der Waals surface area contributed by atoms with E-state index in [4.69, 9.17) is 5.11 Å². The number of carbonyl (C=O) groups is 1. The zero-order valence-electron chi connectivity index (χ0n) is 10.0. The molecule has 0 spiro atoms. The van der Waals surface area contributed by atoms with Crippen LogP contribution < -0.4 is 5.32 Å². The molecule has 1 aromatic carbocycles. The summed E-state index contributed by atoms with van der Waals surface area (Å²) in [4.78, 5) is 11.8. The van der Waals surface area contributed by atoms with Gasteiger partial charge >= 0.3 is 0 Å². The Morgan fingerprint density at radius 3 is 2.65 bits per heavy atom. The number of phenols is 2. The summed E-state index contributed by atoms with van der Waals surface area (Å²) in [5.74, 6) is -0.0316. The predicted octanol–water partition coefficient (Wildman–Crippen LogP) is 1.87. The van der Waals surface area contributed by atoms with Gasteiger partial charge in [0.15, 0.2) is 0 Å². The Hall–Kier alpha value is -1.71. The van der Waals surface area contributed by atoms with Crippen molar-refractivity contribution in [3.8, 4) is 11.5 Å². The number of carbonyl (C=O) groups excluding carboxylic acids is 1. The average Bonchev–Trinajstić information content (AvgIpc) is 2.83. The Bertz CT molecular complexity index is 454. The van der Waals surface area contributed by atoms with E-state index in [2.05, 4.69) is 19.2 Å². The van der Waals surface area contributed by atoms with E-state index >= 15 is 0 Å². The van der Waals surface area contributed by atoms with Crippen molar-refractivity contribution in [1.82, 2.24) is 5.32 Å². The Balaban J connectivity index is 1.96. The largest absolute Gasteiger partial charge is 0.508 e. The quantitative estimate of drug-likeness (QED) is 0.749. The van der Waals surface area contributed by atoms with Crippen LogP contribution in [0.5, 0.6) is 11.5 Å². The molecule has 1 fully saturated rings. The molecule has 1 aliphatic rings. The van der Waals surface area contributed by atoms with Gasteiger partial charge in [-0.2, -0.15) is 0 Å². The zero-order valence-corrected chi connectivity index (χ0v) is 10.0. The highest BCUT2D eigenvalue weighted by molar-refractivity contribution is 5.97. The lowest BCUT2D eigenvalue weighted by molar-refractivity contribution is 0.0948. The first-order valence-corrected chi connectivity index (χ1v) is 5.70. The fourth-order valence-electron chi connectivity index (χ4n) is 1.95. The molecule has 0 bridgehead atoms. The third-order valence-corrected chi connectivity index (χ3v) is 3.45. The molecule has 92 valence electrons. The van der Waals surface area contributed by atoms with Crippen LogP contribution in [0.15, 0.2) is 18.2 Å². The van der Waals surface area contributed by atoms with Crippen molar-refractivity contribution in [3.05, 3.63) is 23.8 Å². The Kier molecular flexibility index (Phi) is 2.73. The second-order valence-corrected chi connectivity index (χ2v) is 5.30. The second-order valence-electron chi connectivity index (χ2n) is 5.30. The number of aromatic hydroxyl groups is 2. The topological polar surface area (TPSA) is 69.6 Å². The van der Waals surface area contributed by atoms with Crippen molar-refractivity contribution in [1.29, 1.82) is 0 Å². The Morgan fingerprint density at radius 2 is 2.12 bits per heavy atom. The maximum Gasteiger partial charge on any atom is 0.255 e. The molecule has 0 aromatic heterocycles. The maximum absolute atomic E-state index is 11.8. The fraction of sp³-hybridized carbons (Fsp3) is 0.462. The van der Waals surface area contributed by atoms with Crippen molar-refractivity contribution in [2.75, 3.05) is 6.54 Å². The molecular formula is C13H17NO3. The predicted molar refractivity (Wildman–Crippen MR) is 64.0 cm³/mol. The second kappa shape index (κ2) is 3.95. The summed E-state index contributed by atoms with van der Waals surface area (Å²) in [6, 6.07) is 3.96. The van der Waals surface area contributed by atoms with E-state index in [9.17, 15) is 9.90 Å². The summed E-state index contributed by atoms with van der Waals surface area (Å²) in [7, 11) is 0. The average molecular weight is 235 g/mol. The first-order valence-electron chi connectivity index (χ1n) is 5.70. The van der Waals surface area contributed by atoms with Gasteiger partial charge < -0.3 is 15.5 Å². The highest BCUT2D eigenvalue weighted by Gasteiger charge is 2.45. The molecule has 0 aliphatic heterocycles. The van der Waals surface area contributed by atoms with Crippen LogP contribution in [0.25, 0.3) is 0 Å². The molecule has 2 rings (SSSR count). The molecule has 3 N–H and O–H groups in total. The molecule has 17 heavy (non-hydrogen) atoms. The molecule has 1 atom stereocenters. The van der Waals surface area contributed by atoms with Crippen LogP contribution in [0.3, 0.4) is 0 Å². The molecule has 1 amide bonds. The fourth-order valence-corrected chi connectivity index (χ4v) is 1.95. The minimum atomic E-state index is -0.301. The number of amides is 1. The number of hydrogen-bond acceptors (Lipinski definition) is 3. The molecule has 1 unspecified atom stereocenters. The van der Waals surface area contributed by atoms with Crippen LogP contribution >= 0.6 is 0 Å². The summed E-state index contributed by atoms with van der Waals surface area (Å²) in [6.07, 6.45) is 1.12. The van der Waals surface area contributed by atoms with Crippen LogP contribution in [0.1, 0.15) is 30.6 Å². The number of rotatable bonds is 3. The van der Waals surface area contributed by atoms with Gasteiger partial charge in [-0.15, -0.1) is 0 Å². The maximum atomic E-state index is 11.8. The minimum absolute atomic E-state index is 0.0534. The van der Waals surface area contributed by atoms with Crippen molar-refractivity contribution < 1.29 is 15.0 Å². The summed E-state index contributed by atoms with van der Waals surface area (Å²) in [6.45, 7) is 4.97. The summed E-state index contributed by atoms with van der Waals surface area (Å²) < 4.78 is 0. The van der Waals surface area contributed by atoms with E-state index < -0.39 is 0 Å². The van der Waals surface area contributed by atoms with Gasteiger partial charge in [-0.3, -0.25) is 4.79 Å². The van der Waals surface area contributed by atoms with E-state index in [-0.39, 0.29) is 23.0 Å². The lowest BCUT2D eigenvalue weighted by Crippen LogP contribution is -2.26. The van der Waals surface area contributed by atoms with Crippen LogP contribution in [0.2, 0.25) is 0 Å². The highest BCUT2D eigenvalue weighted by atomic mass is 16.3. The third-order valence-electron chi connectivity index (χ3n) is 3.45. The molecule has 1 aliphatic carbocycles. The monoisotopic (exact) mass is 235 g/mol. The van der Waals surface area contributed by atoms with Crippen LogP contribution in [-0.2, 0) is 0 Å². The Labute approximate surface area is 100 Å². The molecule has 4 heteroatoms. The zero-order chi connectivity index (χ0) is 12.6. The van der Waals surface area contributed by atoms with Gasteiger partial charge in [-0.1, -0.05) is 13.8 Å². The molecule has 0 saturated heterocycles. The highest BCUT2D eigenvalue weighted by Crippen LogP contribution is 2.51. The molecule has 0 heterocycles. The van der Waals surface area contributed by atoms with Crippen molar-refractivity contribution in [2.24, 2.45) is 11.3 Å². The summed E-state index contributed by atoms with van der Waals surface area (Å²) in [5, 5.41) is 21.4. The number of phenolic OH excluding ortho intramolecular Hbond substituents is 2. The summed E-state index contributed by atoms with van der Waals surface area (Å²) in [5.41, 5.74) is 0.519. The van der Waals surface area contributed by atoms with E-state index in [1.54, 1.807) is 0 Å². The first-order chi connectivity index (χ1) is 7.90. The number of benzene rings is 1. The van der Waals surface area contributed by atoms with Gasteiger partial charge in [0.25, 0.3) is 5.91 Å². The van der Waals surface area contributed by atoms with Gasteiger partial charge in [0, 0.05) is 12.6 Å². The lowest BCUT2D eigenvalue weighted by atomic mass is 10.1. The van der Waals surface area contributed by atoms with E-state index in [1.165, 1.54) is 12.1 Å². The smallest absolute Gasteiger partial charge is 0.255 e. The third kappa shape index (κ3) is 2.52. The standard InChI is InChI=1S/C13H17NO3/c1-13(2)6-8(13)7-14-12(17)10-4-3-9(15)5-11(10)16/h3-5,8,15-16H,6-7H2,1-2H3,(H,14,17). The molecule has 4 nitrogen and oxygen atoms in total. The van der Waals surface area contributed by atoms with Crippen LogP contribution in [-0.4, -0.2) is 22.7 Å². The van der Waals surface area contributed by atoms with Gasteiger partial charge in [0.1, 0.15) is 11.5 Å². The first kappa shape index (κ1) is 11.8. The van der Waals surface area contributed by atoms with Crippen molar-refractivity contribution >= 4 is 5.91 Å². The van der Waals surface area contributed by atoms with E-state index in [1.807, 2.05) is 0 Å². The molecule has 0 radical (unpaired) electrons. The number of hydrogen-bond donors (Lipinski definition) is 3. The number of nitrogens with one attached hydrogen (secondary N) is 1. The van der Waals surface area contributed by atoms with Gasteiger partial charge in [-0.05, 0) is 29.9 Å². The normalized spacial score (nSPS) is 20.9. The van der Waals surface area contributed by atoms with Gasteiger partial charge in [0.2, 0.25) is 0 Å². The van der Waals surface area contributed by atoms with E-state index in [0.717, 1.165) is 12.5 Å². The van der Waals surface area contributed by atoms with Gasteiger partial charge in [-0.25, -0.2) is 0 Å². The van der Waals surface area contributed by atoms with Crippen molar-refractivity contribution in [2.45, 2.75) is 20.3 Å². The van der Waals surface area contributed by atoms with Gasteiger partial charge in [0.05, 0.1) is 5.56 Å². The lowest BCUT2D eigenvalue weighted by Gasteiger charge is -2.08. The Morgan fingerprint density at radius 1 is 1.47 bits per heavy atom. The molecule has 1 saturated carbocycles.